The summed E-state index contributed by atoms with van der Waals surface area (Å²) in [5.74, 6) is 1.45. The quantitative estimate of drug-likeness (QED) is 0.860. The number of aromatic nitrogens is 2. The fraction of sp³-hybridized carbons (Fsp3) is 0.737. The second-order valence-corrected chi connectivity index (χ2v) is 8.02. The summed E-state index contributed by atoms with van der Waals surface area (Å²) in [5.41, 5.74) is 1.01. The van der Waals surface area contributed by atoms with Crippen molar-refractivity contribution >= 4 is 11.8 Å². The lowest BCUT2D eigenvalue weighted by Crippen LogP contribution is -2.44. The van der Waals surface area contributed by atoms with Gasteiger partial charge in [0.25, 0.3) is 0 Å². The van der Waals surface area contributed by atoms with Crippen LogP contribution in [0.15, 0.2) is 12.3 Å². The van der Waals surface area contributed by atoms with Crippen LogP contribution in [0.3, 0.4) is 0 Å². The van der Waals surface area contributed by atoms with Gasteiger partial charge in [-0.2, -0.15) is 5.10 Å². The minimum Gasteiger partial charge on any atom is -0.381 e. The molecule has 1 saturated carbocycles. The van der Waals surface area contributed by atoms with E-state index in [4.69, 9.17) is 4.74 Å². The zero-order valence-corrected chi connectivity index (χ0v) is 15.4. The maximum absolute atomic E-state index is 12.6. The monoisotopic (exact) mass is 360 g/mol. The van der Waals surface area contributed by atoms with E-state index in [1.54, 1.807) is 6.20 Å². The van der Waals surface area contributed by atoms with Crippen molar-refractivity contribution < 1.29 is 14.3 Å². The zero-order valence-electron chi connectivity index (χ0n) is 15.4. The summed E-state index contributed by atoms with van der Waals surface area (Å²) in [6.45, 7) is 5.58. The SMILES string of the molecule is C[C@@H]1C[C@@H]1C(=O)N1Cc2ccnn2[C@@H](CC(=O)NCC2CCOCC2)C1. The Bertz CT molecular complexity index is 667. The number of hydrogen-bond acceptors (Lipinski definition) is 4. The first-order valence-corrected chi connectivity index (χ1v) is 9.77. The summed E-state index contributed by atoms with van der Waals surface area (Å²) in [6.07, 6.45) is 5.13. The summed E-state index contributed by atoms with van der Waals surface area (Å²) in [4.78, 5) is 27.0. The van der Waals surface area contributed by atoms with Crippen LogP contribution in [0.25, 0.3) is 0 Å². The van der Waals surface area contributed by atoms with Gasteiger partial charge in [0, 0.05) is 38.4 Å². The van der Waals surface area contributed by atoms with Crippen molar-refractivity contribution in [3.63, 3.8) is 0 Å². The Hall–Kier alpha value is -1.89. The number of fused-ring (bicyclic) bond motifs is 1. The van der Waals surface area contributed by atoms with Crippen LogP contribution in [0.4, 0.5) is 0 Å². The van der Waals surface area contributed by atoms with Gasteiger partial charge in [0.1, 0.15) is 0 Å². The van der Waals surface area contributed by atoms with Gasteiger partial charge in [-0.15, -0.1) is 0 Å². The summed E-state index contributed by atoms with van der Waals surface area (Å²) in [5, 5.41) is 7.46. The lowest BCUT2D eigenvalue weighted by atomic mass is 10.0. The highest BCUT2D eigenvalue weighted by Crippen LogP contribution is 2.40. The molecular formula is C19H28N4O3. The maximum atomic E-state index is 12.6. The Morgan fingerprint density at radius 1 is 1.35 bits per heavy atom. The van der Waals surface area contributed by atoms with Crippen molar-refractivity contribution in [2.45, 2.75) is 45.2 Å². The minimum absolute atomic E-state index is 0.0389. The van der Waals surface area contributed by atoms with Crippen molar-refractivity contribution in [3.05, 3.63) is 18.0 Å². The average Bonchev–Trinajstić information content (AvgIpc) is 3.18. The summed E-state index contributed by atoms with van der Waals surface area (Å²) in [7, 11) is 0. The first kappa shape index (κ1) is 17.5. The van der Waals surface area contributed by atoms with Gasteiger partial charge in [-0.1, -0.05) is 6.92 Å². The van der Waals surface area contributed by atoms with Crippen LogP contribution in [0, 0.1) is 17.8 Å². The molecule has 3 atom stereocenters. The predicted molar refractivity (Wildman–Crippen MR) is 95.1 cm³/mol. The molecule has 26 heavy (non-hydrogen) atoms. The lowest BCUT2D eigenvalue weighted by molar-refractivity contribution is -0.136. The molecule has 4 rings (SSSR count). The normalized spacial score (nSPS) is 28.5. The number of ether oxygens (including phenoxy) is 1. The number of hydrogen-bond donors (Lipinski definition) is 1. The number of carbonyl (C=O) groups excluding carboxylic acids is 2. The third-order valence-electron chi connectivity index (χ3n) is 5.97. The molecule has 0 radical (unpaired) electrons. The van der Waals surface area contributed by atoms with Gasteiger partial charge in [0.15, 0.2) is 0 Å². The number of nitrogens with zero attached hydrogens (tertiary/aromatic N) is 3. The highest BCUT2D eigenvalue weighted by atomic mass is 16.5. The minimum atomic E-state index is -0.0820. The van der Waals surface area contributed by atoms with Gasteiger partial charge in [-0.25, -0.2) is 0 Å². The third-order valence-corrected chi connectivity index (χ3v) is 5.97. The molecule has 3 heterocycles. The molecule has 0 unspecified atom stereocenters. The van der Waals surface area contributed by atoms with E-state index >= 15 is 0 Å². The van der Waals surface area contributed by atoms with Gasteiger partial charge in [0.05, 0.1) is 24.7 Å². The zero-order chi connectivity index (χ0) is 18.1. The Morgan fingerprint density at radius 2 is 2.12 bits per heavy atom. The van der Waals surface area contributed by atoms with E-state index in [-0.39, 0.29) is 23.8 Å². The van der Waals surface area contributed by atoms with Crippen LogP contribution in [0.5, 0.6) is 0 Å². The molecule has 0 aromatic carbocycles. The second-order valence-electron chi connectivity index (χ2n) is 8.02. The molecule has 2 aliphatic heterocycles. The number of carbonyl (C=O) groups is 2. The molecule has 7 nitrogen and oxygen atoms in total. The molecule has 7 heteroatoms. The van der Waals surface area contributed by atoms with Crippen LogP contribution in [0.2, 0.25) is 0 Å². The van der Waals surface area contributed by atoms with E-state index in [0.29, 0.717) is 37.9 Å². The molecule has 1 N–H and O–H groups in total. The van der Waals surface area contributed by atoms with Gasteiger partial charge in [-0.3, -0.25) is 14.3 Å². The van der Waals surface area contributed by atoms with Crippen LogP contribution >= 0.6 is 0 Å². The highest BCUT2D eigenvalue weighted by Gasteiger charge is 2.43. The Morgan fingerprint density at radius 3 is 2.85 bits per heavy atom. The summed E-state index contributed by atoms with van der Waals surface area (Å²) in [6, 6.07) is 1.87. The van der Waals surface area contributed by atoms with Crippen molar-refractivity contribution in [1.29, 1.82) is 0 Å². The lowest BCUT2D eigenvalue weighted by Gasteiger charge is -2.34. The van der Waals surface area contributed by atoms with Crippen molar-refractivity contribution in [2.24, 2.45) is 17.8 Å². The van der Waals surface area contributed by atoms with Crippen molar-refractivity contribution in [2.75, 3.05) is 26.3 Å². The Balaban J connectivity index is 1.35. The third kappa shape index (κ3) is 3.77. The van der Waals surface area contributed by atoms with E-state index < -0.39 is 0 Å². The second kappa shape index (κ2) is 7.39. The van der Waals surface area contributed by atoms with Crippen LogP contribution in [-0.4, -0.2) is 52.8 Å². The van der Waals surface area contributed by atoms with Crippen molar-refractivity contribution in [3.8, 4) is 0 Å². The van der Waals surface area contributed by atoms with Crippen LogP contribution < -0.4 is 5.32 Å². The molecule has 0 spiro atoms. The molecule has 0 bridgehead atoms. The van der Waals surface area contributed by atoms with Crippen LogP contribution in [0.1, 0.15) is 44.3 Å². The molecule has 2 fully saturated rings. The molecule has 1 aliphatic carbocycles. The standard InChI is InChI=1S/C19H28N4O3/c1-13-8-17(13)19(25)22-11-15-2-5-21-23(15)16(12-22)9-18(24)20-10-14-3-6-26-7-4-14/h2,5,13-14,16-17H,3-4,6-12H2,1H3,(H,20,24)/t13-,16+,17+/m1/s1. The van der Waals surface area contributed by atoms with Gasteiger partial charge in [0.2, 0.25) is 11.8 Å². The van der Waals surface area contributed by atoms with E-state index in [1.807, 2.05) is 15.6 Å². The van der Waals surface area contributed by atoms with Gasteiger partial charge < -0.3 is 15.0 Å². The number of rotatable bonds is 5. The fourth-order valence-electron chi connectivity index (χ4n) is 4.10. The van der Waals surface area contributed by atoms with Crippen LogP contribution in [-0.2, 0) is 20.9 Å². The van der Waals surface area contributed by atoms with Gasteiger partial charge >= 0.3 is 0 Å². The van der Waals surface area contributed by atoms with E-state index in [2.05, 4.69) is 17.3 Å². The topological polar surface area (TPSA) is 76.5 Å². The largest absolute Gasteiger partial charge is 0.381 e. The van der Waals surface area contributed by atoms with E-state index in [1.165, 1.54) is 0 Å². The smallest absolute Gasteiger partial charge is 0.226 e. The Labute approximate surface area is 154 Å². The average molecular weight is 360 g/mol. The van der Waals surface area contributed by atoms with Gasteiger partial charge in [-0.05, 0) is 37.2 Å². The fourth-order valence-corrected chi connectivity index (χ4v) is 4.10. The molecule has 1 aromatic rings. The van der Waals surface area contributed by atoms with E-state index in [0.717, 1.165) is 38.2 Å². The summed E-state index contributed by atoms with van der Waals surface area (Å²) < 4.78 is 7.29. The maximum Gasteiger partial charge on any atom is 0.226 e. The molecule has 1 saturated heterocycles. The van der Waals surface area contributed by atoms with Crippen molar-refractivity contribution in [1.82, 2.24) is 20.0 Å². The molecule has 142 valence electrons. The summed E-state index contributed by atoms with van der Waals surface area (Å²) >= 11 is 0. The molecular weight excluding hydrogens is 332 g/mol. The molecule has 3 aliphatic rings. The first-order chi connectivity index (χ1) is 12.6. The molecule has 2 amide bonds. The predicted octanol–water partition coefficient (Wildman–Crippen LogP) is 1.36. The number of amides is 2. The first-order valence-electron chi connectivity index (χ1n) is 9.77. The van der Waals surface area contributed by atoms with E-state index in [9.17, 15) is 9.59 Å². The molecule has 1 aromatic heterocycles. The number of nitrogens with one attached hydrogen (secondary N) is 1. The highest BCUT2D eigenvalue weighted by molar-refractivity contribution is 5.82. The Kier molecular flexibility index (Phi) is 4.98.